The molecule has 2 aromatic heterocycles. The molecule has 0 spiro atoms. The summed E-state index contributed by atoms with van der Waals surface area (Å²) in [6.45, 7) is -0.0345. The van der Waals surface area contributed by atoms with Gasteiger partial charge in [0.1, 0.15) is 12.2 Å². The molecule has 4 rings (SSSR count). The lowest BCUT2D eigenvalue weighted by Crippen LogP contribution is -2.24. The van der Waals surface area contributed by atoms with Crippen molar-refractivity contribution in [1.29, 1.82) is 0 Å². The highest BCUT2D eigenvalue weighted by atomic mass is 79.9. The first-order chi connectivity index (χ1) is 13.0. The van der Waals surface area contributed by atoms with Crippen molar-refractivity contribution in [3.8, 4) is 0 Å². The molecule has 0 bridgehead atoms. The number of benzene rings is 2. The Hall–Kier alpha value is -3.19. The number of carbonyl (C=O) groups is 1. The normalized spacial score (nSPS) is 11.0. The van der Waals surface area contributed by atoms with Crippen molar-refractivity contribution in [3.05, 3.63) is 85.8 Å². The van der Waals surface area contributed by atoms with E-state index in [-0.39, 0.29) is 29.1 Å². The summed E-state index contributed by atoms with van der Waals surface area (Å²) >= 11 is 3.26. The summed E-state index contributed by atoms with van der Waals surface area (Å²) in [7, 11) is 0. The monoisotopic (exact) mass is 423 g/mol. The Morgan fingerprint density at radius 2 is 1.59 bits per heavy atom. The molecule has 4 aromatic rings. The van der Waals surface area contributed by atoms with E-state index in [2.05, 4.69) is 26.2 Å². The van der Waals surface area contributed by atoms with E-state index in [9.17, 15) is 14.4 Å². The van der Waals surface area contributed by atoms with Crippen LogP contribution in [0.5, 0.6) is 0 Å². The van der Waals surface area contributed by atoms with Crippen LogP contribution in [0.4, 0.5) is 5.69 Å². The van der Waals surface area contributed by atoms with Gasteiger partial charge in [-0.15, -0.1) is 0 Å². The number of halogens is 1. The number of pyridine rings is 2. The number of fused-ring (bicyclic) bond motifs is 2. The van der Waals surface area contributed by atoms with E-state index < -0.39 is 0 Å². The zero-order valence-corrected chi connectivity index (χ0v) is 15.6. The molecule has 1 amide bonds. The first-order valence-electron chi connectivity index (χ1n) is 8.23. The molecule has 2 heterocycles. The number of aromatic nitrogens is 2. The van der Waals surface area contributed by atoms with Gasteiger partial charge < -0.3 is 14.9 Å². The average Bonchev–Trinajstić information content (AvgIpc) is 2.68. The number of nitrogens with one attached hydrogen (secondary N) is 2. The fraction of sp³-hybridized carbons (Fsp3) is 0.0500. The van der Waals surface area contributed by atoms with Crippen molar-refractivity contribution in [2.24, 2.45) is 0 Å². The van der Waals surface area contributed by atoms with Crippen LogP contribution in [0, 0.1) is 0 Å². The average molecular weight is 424 g/mol. The second-order valence-electron chi connectivity index (χ2n) is 6.06. The Balaban J connectivity index is 1.82. The van der Waals surface area contributed by atoms with E-state index in [0.29, 0.717) is 26.3 Å². The molecule has 0 atom stereocenters. The van der Waals surface area contributed by atoms with Gasteiger partial charge in [-0.3, -0.25) is 14.4 Å². The van der Waals surface area contributed by atoms with Crippen molar-refractivity contribution in [1.82, 2.24) is 9.55 Å². The summed E-state index contributed by atoms with van der Waals surface area (Å²) in [5, 5.41) is 3.72. The van der Waals surface area contributed by atoms with E-state index in [1.54, 1.807) is 34.9 Å². The standard InChI is InChI=1S/C20H14BrN3O3/c21-12-9-15(20(27)22-10-12)23-18(25)11-24-16-7-3-1-5-13(16)19(26)14-6-2-4-8-17(14)24/h1-10H,11H2,(H,22,27)(H,23,25). The molecule has 134 valence electrons. The van der Waals surface area contributed by atoms with Crippen molar-refractivity contribution < 1.29 is 4.79 Å². The molecule has 2 aromatic carbocycles. The molecule has 0 saturated carbocycles. The van der Waals surface area contributed by atoms with Gasteiger partial charge in [-0.2, -0.15) is 0 Å². The molecular weight excluding hydrogens is 410 g/mol. The Morgan fingerprint density at radius 1 is 1.00 bits per heavy atom. The molecule has 27 heavy (non-hydrogen) atoms. The first-order valence-corrected chi connectivity index (χ1v) is 9.02. The predicted octanol–water partition coefficient (Wildman–Crippen LogP) is 3.24. The van der Waals surface area contributed by atoms with Gasteiger partial charge in [0.15, 0.2) is 5.43 Å². The molecule has 2 N–H and O–H groups in total. The van der Waals surface area contributed by atoms with E-state index in [4.69, 9.17) is 0 Å². The molecule has 6 nitrogen and oxygen atoms in total. The third-order valence-electron chi connectivity index (χ3n) is 4.32. The zero-order valence-electron chi connectivity index (χ0n) is 14.0. The van der Waals surface area contributed by atoms with Crippen LogP contribution >= 0.6 is 15.9 Å². The Bertz CT molecular complexity index is 1250. The fourth-order valence-electron chi connectivity index (χ4n) is 3.13. The fourth-order valence-corrected chi connectivity index (χ4v) is 3.47. The lowest BCUT2D eigenvalue weighted by atomic mass is 10.1. The summed E-state index contributed by atoms with van der Waals surface area (Å²) in [6, 6.07) is 15.9. The summed E-state index contributed by atoms with van der Waals surface area (Å²) in [5.74, 6) is -0.363. The number of rotatable bonds is 3. The molecule has 7 heteroatoms. The van der Waals surface area contributed by atoms with Gasteiger partial charge in [0.05, 0.1) is 11.0 Å². The van der Waals surface area contributed by atoms with E-state index >= 15 is 0 Å². The van der Waals surface area contributed by atoms with Crippen LogP contribution in [0.25, 0.3) is 21.8 Å². The summed E-state index contributed by atoms with van der Waals surface area (Å²) in [5.41, 5.74) is 1.03. The highest BCUT2D eigenvalue weighted by Gasteiger charge is 2.13. The van der Waals surface area contributed by atoms with Crippen molar-refractivity contribution in [2.45, 2.75) is 6.54 Å². The number of anilines is 1. The number of para-hydroxylation sites is 2. The van der Waals surface area contributed by atoms with Gasteiger partial charge in [-0.1, -0.05) is 24.3 Å². The third kappa shape index (κ3) is 3.17. The number of H-pyrrole nitrogens is 1. The van der Waals surface area contributed by atoms with Crippen LogP contribution in [-0.4, -0.2) is 15.5 Å². The summed E-state index contributed by atoms with van der Waals surface area (Å²) in [4.78, 5) is 39.8. The first kappa shape index (κ1) is 17.2. The molecule has 0 aliphatic rings. The Labute approximate surface area is 161 Å². The van der Waals surface area contributed by atoms with Gasteiger partial charge in [0.25, 0.3) is 5.56 Å². The second-order valence-corrected chi connectivity index (χ2v) is 6.97. The van der Waals surface area contributed by atoms with Gasteiger partial charge in [-0.05, 0) is 46.3 Å². The molecular formula is C20H14BrN3O3. The number of nitrogens with zero attached hydrogens (tertiary/aromatic N) is 1. The molecule has 0 aliphatic carbocycles. The second kappa shape index (κ2) is 6.85. The minimum absolute atomic E-state index is 0.0345. The van der Waals surface area contributed by atoms with Crippen LogP contribution in [-0.2, 0) is 11.3 Å². The van der Waals surface area contributed by atoms with E-state index in [1.807, 2.05) is 24.3 Å². The highest BCUT2D eigenvalue weighted by molar-refractivity contribution is 9.10. The minimum Gasteiger partial charge on any atom is -0.331 e. The van der Waals surface area contributed by atoms with Crippen molar-refractivity contribution in [3.63, 3.8) is 0 Å². The Kier molecular flexibility index (Phi) is 4.37. The smallest absolute Gasteiger partial charge is 0.271 e. The van der Waals surface area contributed by atoms with Crippen LogP contribution in [0.1, 0.15) is 0 Å². The van der Waals surface area contributed by atoms with Crippen LogP contribution in [0.2, 0.25) is 0 Å². The number of aromatic amines is 1. The largest absolute Gasteiger partial charge is 0.331 e. The molecule has 0 aliphatic heterocycles. The topological polar surface area (TPSA) is 84.0 Å². The summed E-state index contributed by atoms with van der Waals surface area (Å²) in [6.07, 6.45) is 1.50. The van der Waals surface area contributed by atoms with Crippen molar-refractivity contribution in [2.75, 3.05) is 5.32 Å². The quantitative estimate of drug-likeness (QED) is 0.496. The van der Waals surface area contributed by atoms with Gasteiger partial charge in [-0.25, -0.2) is 0 Å². The maximum absolute atomic E-state index is 12.7. The van der Waals surface area contributed by atoms with Crippen molar-refractivity contribution >= 4 is 49.3 Å². The molecule has 0 fully saturated rings. The predicted molar refractivity (Wildman–Crippen MR) is 109 cm³/mol. The molecule has 0 saturated heterocycles. The van der Waals surface area contributed by atoms with Crippen LogP contribution in [0.15, 0.2) is 74.9 Å². The van der Waals surface area contributed by atoms with E-state index in [1.165, 1.54) is 6.20 Å². The van der Waals surface area contributed by atoms with Crippen LogP contribution in [0.3, 0.4) is 0 Å². The molecule has 0 unspecified atom stereocenters. The highest BCUT2D eigenvalue weighted by Crippen LogP contribution is 2.19. The number of hydrogen-bond donors (Lipinski definition) is 2. The maximum Gasteiger partial charge on any atom is 0.271 e. The number of carbonyl (C=O) groups excluding carboxylic acids is 1. The number of amides is 1. The van der Waals surface area contributed by atoms with Crippen LogP contribution < -0.4 is 16.3 Å². The van der Waals surface area contributed by atoms with E-state index in [0.717, 1.165) is 0 Å². The van der Waals surface area contributed by atoms with Gasteiger partial charge in [0.2, 0.25) is 5.91 Å². The maximum atomic E-state index is 12.7. The SMILES string of the molecule is O=C(Cn1c2ccccc2c(=O)c2ccccc21)Nc1cc(Br)c[nH]c1=O. The summed E-state index contributed by atoms with van der Waals surface area (Å²) < 4.78 is 2.43. The third-order valence-corrected chi connectivity index (χ3v) is 4.78. The minimum atomic E-state index is -0.388. The lowest BCUT2D eigenvalue weighted by Gasteiger charge is -2.15. The van der Waals surface area contributed by atoms with Gasteiger partial charge in [0, 0.05) is 21.4 Å². The lowest BCUT2D eigenvalue weighted by molar-refractivity contribution is -0.116. The van der Waals surface area contributed by atoms with Gasteiger partial charge >= 0.3 is 0 Å². The zero-order chi connectivity index (χ0) is 19.0. The number of hydrogen-bond acceptors (Lipinski definition) is 3. The molecule has 0 radical (unpaired) electrons. The Morgan fingerprint density at radius 3 is 2.22 bits per heavy atom.